The van der Waals surface area contributed by atoms with Crippen molar-refractivity contribution in [3.8, 4) is 0 Å². The van der Waals surface area contributed by atoms with Crippen LogP contribution in [-0.4, -0.2) is 54.2 Å². The largest absolute Gasteiger partial charge is 0.388 e. The maximum Gasteiger partial charge on any atom is 0.179 e. The van der Waals surface area contributed by atoms with Gasteiger partial charge in [-0.05, 0) is 38.2 Å². The van der Waals surface area contributed by atoms with Gasteiger partial charge in [-0.1, -0.05) is 0 Å². The zero-order valence-corrected chi connectivity index (χ0v) is 12.5. The molecule has 0 aromatic heterocycles. The van der Waals surface area contributed by atoms with Gasteiger partial charge in [-0.2, -0.15) is 0 Å². The van der Waals surface area contributed by atoms with Gasteiger partial charge >= 0.3 is 0 Å². The second-order valence-electron chi connectivity index (χ2n) is 5.80. The third-order valence-electron chi connectivity index (χ3n) is 4.14. The van der Waals surface area contributed by atoms with Crippen LogP contribution in [0.4, 0.5) is 4.39 Å². The maximum atomic E-state index is 12.9. The van der Waals surface area contributed by atoms with Crippen LogP contribution in [0.25, 0.3) is 0 Å². The van der Waals surface area contributed by atoms with E-state index in [1.54, 1.807) is 6.92 Å². The Kier molecular flexibility index (Phi) is 5.08. The molecule has 0 bridgehead atoms. The Morgan fingerprint density at radius 1 is 1.38 bits per heavy atom. The number of halogens is 1. The first-order valence-electron chi connectivity index (χ1n) is 7.21. The molecule has 2 rings (SSSR count). The number of carbonyl (C=O) groups is 1. The lowest BCUT2D eigenvalue weighted by Gasteiger charge is -2.37. The summed E-state index contributed by atoms with van der Waals surface area (Å²) in [5.41, 5.74) is -0.320. The van der Waals surface area contributed by atoms with Gasteiger partial charge in [0.25, 0.3) is 0 Å². The van der Waals surface area contributed by atoms with Gasteiger partial charge in [-0.3, -0.25) is 9.69 Å². The molecule has 116 valence electrons. The average molecular weight is 295 g/mol. The van der Waals surface area contributed by atoms with Crippen molar-refractivity contribution in [3.63, 3.8) is 0 Å². The van der Waals surface area contributed by atoms with Crippen LogP contribution in [0.3, 0.4) is 0 Å². The topological polar surface area (TPSA) is 49.8 Å². The van der Waals surface area contributed by atoms with E-state index in [9.17, 15) is 14.3 Å². The summed E-state index contributed by atoms with van der Waals surface area (Å²) < 4.78 is 18.2. The van der Waals surface area contributed by atoms with Crippen LogP contribution in [0.1, 0.15) is 30.1 Å². The molecule has 1 atom stereocenters. The number of Topliss-reactive ketones (excluding diaryl/α,β-unsaturated/α-hetero) is 1. The van der Waals surface area contributed by atoms with Crippen molar-refractivity contribution in [2.75, 3.05) is 26.8 Å². The normalized spacial score (nSPS) is 19.5. The van der Waals surface area contributed by atoms with E-state index >= 15 is 0 Å². The number of aliphatic hydroxyl groups is 1. The molecule has 21 heavy (non-hydrogen) atoms. The molecular formula is C16H22FNO3. The van der Waals surface area contributed by atoms with Gasteiger partial charge < -0.3 is 9.84 Å². The highest BCUT2D eigenvalue weighted by molar-refractivity contribution is 5.99. The summed E-state index contributed by atoms with van der Waals surface area (Å²) in [5, 5.41) is 10.5. The molecule has 1 saturated heterocycles. The van der Waals surface area contributed by atoms with Gasteiger partial charge in [0, 0.05) is 38.2 Å². The summed E-state index contributed by atoms with van der Waals surface area (Å²) in [4.78, 5) is 14.2. The average Bonchev–Trinajstić information content (AvgIpc) is 2.46. The van der Waals surface area contributed by atoms with Crippen molar-refractivity contribution in [2.24, 2.45) is 0 Å². The van der Waals surface area contributed by atoms with Gasteiger partial charge in [-0.25, -0.2) is 4.39 Å². The molecule has 0 amide bonds. The number of rotatable bonds is 5. The van der Waals surface area contributed by atoms with Crippen LogP contribution >= 0.6 is 0 Å². The van der Waals surface area contributed by atoms with Gasteiger partial charge in [0.1, 0.15) is 5.82 Å². The Balaban J connectivity index is 1.99. The first-order valence-corrected chi connectivity index (χ1v) is 7.21. The second kappa shape index (κ2) is 6.64. The van der Waals surface area contributed by atoms with E-state index in [1.165, 1.54) is 24.3 Å². The summed E-state index contributed by atoms with van der Waals surface area (Å²) in [6, 6.07) is 5.18. The Bertz CT molecular complexity index is 483. The van der Waals surface area contributed by atoms with Crippen molar-refractivity contribution in [1.29, 1.82) is 0 Å². The summed E-state index contributed by atoms with van der Waals surface area (Å²) >= 11 is 0. The highest BCUT2D eigenvalue weighted by Gasteiger charge is 2.33. The maximum absolute atomic E-state index is 12.9. The molecule has 1 unspecified atom stereocenters. The smallest absolute Gasteiger partial charge is 0.179 e. The number of ketones is 1. The van der Waals surface area contributed by atoms with E-state index in [2.05, 4.69) is 0 Å². The molecule has 0 spiro atoms. The highest BCUT2D eigenvalue weighted by Crippen LogP contribution is 2.22. The Labute approximate surface area is 124 Å². The summed E-state index contributed by atoms with van der Waals surface area (Å²) in [5.74, 6) is -0.433. The fourth-order valence-electron chi connectivity index (χ4n) is 2.57. The molecule has 0 saturated carbocycles. The molecule has 1 aromatic rings. The lowest BCUT2D eigenvalue weighted by Crippen LogP contribution is -2.49. The SMILES string of the molecule is CC(C(=O)c1ccc(F)cc1)N(C)CC1(O)CCOCC1. The first kappa shape index (κ1) is 16.1. The van der Waals surface area contributed by atoms with E-state index in [4.69, 9.17) is 4.74 Å². The predicted molar refractivity (Wildman–Crippen MR) is 77.8 cm³/mol. The molecule has 1 N–H and O–H groups in total. The molecular weight excluding hydrogens is 273 g/mol. The molecule has 1 fully saturated rings. The third-order valence-corrected chi connectivity index (χ3v) is 4.14. The van der Waals surface area contributed by atoms with Crippen molar-refractivity contribution in [3.05, 3.63) is 35.6 Å². The van der Waals surface area contributed by atoms with Crippen LogP contribution in [0.5, 0.6) is 0 Å². The summed E-state index contributed by atoms with van der Waals surface area (Å²) in [7, 11) is 1.82. The number of likely N-dealkylation sites (N-methyl/N-ethyl adjacent to an activating group) is 1. The minimum atomic E-state index is -0.801. The Morgan fingerprint density at radius 3 is 2.52 bits per heavy atom. The first-order chi connectivity index (χ1) is 9.91. The van der Waals surface area contributed by atoms with Crippen molar-refractivity contribution >= 4 is 5.78 Å². The van der Waals surface area contributed by atoms with E-state index in [-0.39, 0.29) is 17.6 Å². The fraction of sp³-hybridized carbons (Fsp3) is 0.562. The number of carbonyl (C=O) groups excluding carboxylic acids is 1. The lowest BCUT2D eigenvalue weighted by atomic mass is 9.93. The monoisotopic (exact) mass is 295 g/mol. The Hall–Kier alpha value is -1.30. The predicted octanol–water partition coefficient (Wildman–Crippen LogP) is 1.87. The van der Waals surface area contributed by atoms with E-state index in [1.807, 2.05) is 11.9 Å². The number of benzene rings is 1. The van der Waals surface area contributed by atoms with E-state index in [0.717, 1.165) is 0 Å². The van der Waals surface area contributed by atoms with Gasteiger partial charge in [0.05, 0.1) is 11.6 Å². The minimum absolute atomic E-state index is 0.0758. The standard InChI is InChI=1S/C16H22FNO3/c1-12(15(19)13-3-5-14(17)6-4-13)18(2)11-16(20)7-9-21-10-8-16/h3-6,12,20H,7-11H2,1-2H3. The van der Waals surface area contributed by atoms with Gasteiger partial charge in [-0.15, -0.1) is 0 Å². The van der Waals surface area contributed by atoms with Crippen LogP contribution < -0.4 is 0 Å². The van der Waals surface area contributed by atoms with Crippen LogP contribution in [0, 0.1) is 5.82 Å². The molecule has 1 aromatic carbocycles. The third kappa shape index (κ3) is 4.09. The van der Waals surface area contributed by atoms with Crippen LogP contribution in [0.2, 0.25) is 0 Å². The molecule has 0 aliphatic carbocycles. The zero-order valence-electron chi connectivity index (χ0n) is 12.5. The molecule has 1 aliphatic rings. The van der Waals surface area contributed by atoms with Crippen molar-refractivity contribution < 1.29 is 19.0 Å². The zero-order chi connectivity index (χ0) is 15.5. The van der Waals surface area contributed by atoms with Crippen molar-refractivity contribution in [2.45, 2.75) is 31.4 Å². The molecule has 1 aliphatic heterocycles. The van der Waals surface area contributed by atoms with E-state index < -0.39 is 5.60 Å². The summed E-state index contributed by atoms with van der Waals surface area (Å²) in [6.45, 7) is 3.31. The number of hydrogen-bond donors (Lipinski definition) is 1. The Morgan fingerprint density at radius 2 is 1.95 bits per heavy atom. The second-order valence-corrected chi connectivity index (χ2v) is 5.80. The molecule has 0 radical (unpaired) electrons. The quantitative estimate of drug-likeness (QED) is 0.843. The molecule has 5 heteroatoms. The van der Waals surface area contributed by atoms with Gasteiger partial charge in [0.15, 0.2) is 5.78 Å². The highest BCUT2D eigenvalue weighted by atomic mass is 19.1. The number of ether oxygens (including phenoxy) is 1. The number of hydrogen-bond acceptors (Lipinski definition) is 4. The number of nitrogens with zero attached hydrogens (tertiary/aromatic N) is 1. The molecule has 4 nitrogen and oxygen atoms in total. The molecule has 1 heterocycles. The van der Waals surface area contributed by atoms with Crippen LogP contribution in [-0.2, 0) is 4.74 Å². The van der Waals surface area contributed by atoms with Crippen molar-refractivity contribution in [1.82, 2.24) is 4.90 Å². The fourth-order valence-corrected chi connectivity index (χ4v) is 2.57. The lowest BCUT2D eigenvalue weighted by molar-refractivity contribution is -0.0791. The van der Waals surface area contributed by atoms with Crippen LogP contribution in [0.15, 0.2) is 24.3 Å². The minimum Gasteiger partial charge on any atom is -0.388 e. The van der Waals surface area contributed by atoms with E-state index in [0.29, 0.717) is 38.2 Å². The summed E-state index contributed by atoms with van der Waals surface area (Å²) in [6.07, 6.45) is 1.16. The van der Waals surface area contributed by atoms with Gasteiger partial charge in [0.2, 0.25) is 0 Å².